The summed E-state index contributed by atoms with van der Waals surface area (Å²) in [5, 5.41) is 20.7. The van der Waals surface area contributed by atoms with Gasteiger partial charge in [0.2, 0.25) is 5.82 Å². The van der Waals surface area contributed by atoms with Gasteiger partial charge in [-0.2, -0.15) is 0 Å². The molecule has 0 aliphatic carbocycles. The summed E-state index contributed by atoms with van der Waals surface area (Å²) in [6.07, 6.45) is 2.38. The Morgan fingerprint density at radius 1 is 1.10 bits per heavy atom. The fourth-order valence-corrected chi connectivity index (χ4v) is 1.54. The summed E-state index contributed by atoms with van der Waals surface area (Å²) in [6, 6.07) is 9.34. The lowest BCUT2D eigenvalue weighted by molar-refractivity contribution is 0.0696. The molecule has 98 valence electrons. The maximum absolute atomic E-state index is 10.7. The summed E-state index contributed by atoms with van der Waals surface area (Å²) < 4.78 is 0. The number of rotatable bonds is 3. The van der Waals surface area contributed by atoms with Gasteiger partial charge in [0.05, 0.1) is 5.56 Å². The highest BCUT2D eigenvalue weighted by Gasteiger charge is 2.10. The molecule has 0 atom stereocenters. The average Bonchev–Trinajstić information content (AvgIpc) is 2.98. The van der Waals surface area contributed by atoms with Crippen LogP contribution < -0.4 is 0 Å². The van der Waals surface area contributed by atoms with Gasteiger partial charge in [-0.25, -0.2) is 14.8 Å². The lowest BCUT2D eigenvalue weighted by Gasteiger charge is -1.96. The molecule has 0 bridgehead atoms. The minimum Gasteiger partial charge on any atom is -0.478 e. The number of carbonyl (C=O) groups is 1. The highest BCUT2D eigenvalue weighted by molar-refractivity contribution is 5.86. The SMILES string of the molecule is O=C(O)c1cnc(-n2nnc(-c3ccccc3)n2)nc1. The highest BCUT2D eigenvalue weighted by atomic mass is 16.4. The van der Waals surface area contributed by atoms with E-state index in [4.69, 9.17) is 5.11 Å². The van der Waals surface area contributed by atoms with Crippen LogP contribution in [0, 0.1) is 0 Å². The van der Waals surface area contributed by atoms with Crippen LogP contribution in [0.25, 0.3) is 17.3 Å². The third-order valence-corrected chi connectivity index (χ3v) is 2.51. The molecule has 2 heterocycles. The van der Waals surface area contributed by atoms with E-state index in [1.54, 1.807) is 0 Å². The molecule has 3 aromatic rings. The van der Waals surface area contributed by atoms with Crippen LogP contribution >= 0.6 is 0 Å². The lowest BCUT2D eigenvalue weighted by Crippen LogP contribution is -2.07. The normalized spacial score (nSPS) is 10.4. The second kappa shape index (κ2) is 4.84. The van der Waals surface area contributed by atoms with E-state index in [1.807, 2.05) is 30.3 Å². The van der Waals surface area contributed by atoms with Gasteiger partial charge in [0.15, 0.2) is 0 Å². The zero-order valence-electron chi connectivity index (χ0n) is 10.1. The Labute approximate surface area is 112 Å². The van der Waals surface area contributed by atoms with Crippen LogP contribution in [0.4, 0.5) is 0 Å². The van der Waals surface area contributed by atoms with E-state index in [2.05, 4.69) is 25.4 Å². The Kier molecular flexibility index (Phi) is 2.88. The van der Waals surface area contributed by atoms with E-state index >= 15 is 0 Å². The molecule has 3 rings (SSSR count). The van der Waals surface area contributed by atoms with Gasteiger partial charge in [-0.05, 0) is 5.21 Å². The minimum absolute atomic E-state index is 0.00264. The predicted octanol–water partition coefficient (Wildman–Crippen LogP) is 0.817. The number of benzene rings is 1. The lowest BCUT2D eigenvalue weighted by atomic mass is 10.2. The maximum atomic E-state index is 10.7. The molecule has 0 unspecified atom stereocenters. The topological polar surface area (TPSA) is 107 Å². The van der Waals surface area contributed by atoms with Crippen LogP contribution in [0.2, 0.25) is 0 Å². The summed E-state index contributed by atoms with van der Waals surface area (Å²) in [4.78, 5) is 19.6. The number of carboxylic acid groups (broad SMARTS) is 1. The van der Waals surface area contributed by atoms with Gasteiger partial charge in [-0.15, -0.1) is 10.2 Å². The minimum atomic E-state index is -1.09. The number of hydrogen-bond donors (Lipinski definition) is 1. The average molecular weight is 268 g/mol. The van der Waals surface area contributed by atoms with Crippen molar-refractivity contribution in [3.8, 4) is 17.3 Å². The van der Waals surface area contributed by atoms with Gasteiger partial charge in [0.1, 0.15) is 0 Å². The zero-order chi connectivity index (χ0) is 13.9. The van der Waals surface area contributed by atoms with E-state index < -0.39 is 5.97 Å². The first-order valence-corrected chi connectivity index (χ1v) is 5.65. The smallest absolute Gasteiger partial charge is 0.338 e. The highest BCUT2D eigenvalue weighted by Crippen LogP contribution is 2.12. The first-order chi connectivity index (χ1) is 9.74. The first-order valence-electron chi connectivity index (χ1n) is 5.65. The Hall–Kier alpha value is -3.16. The second-order valence-electron chi connectivity index (χ2n) is 3.85. The summed E-state index contributed by atoms with van der Waals surface area (Å²) in [6.45, 7) is 0. The van der Waals surface area contributed by atoms with Crippen molar-refractivity contribution in [1.29, 1.82) is 0 Å². The quantitative estimate of drug-likeness (QED) is 0.749. The van der Waals surface area contributed by atoms with E-state index in [0.29, 0.717) is 5.82 Å². The van der Waals surface area contributed by atoms with Crippen molar-refractivity contribution in [2.24, 2.45) is 0 Å². The van der Waals surface area contributed by atoms with Gasteiger partial charge < -0.3 is 5.11 Å². The summed E-state index contributed by atoms with van der Waals surface area (Å²) >= 11 is 0. The fourth-order valence-electron chi connectivity index (χ4n) is 1.54. The molecule has 1 N–H and O–H groups in total. The summed E-state index contributed by atoms with van der Waals surface area (Å²) in [5.74, 6) is -0.491. The molecule has 0 saturated carbocycles. The van der Waals surface area contributed by atoms with Gasteiger partial charge in [0, 0.05) is 18.0 Å². The molecular weight excluding hydrogens is 260 g/mol. The number of nitrogens with zero attached hydrogens (tertiary/aromatic N) is 6. The third-order valence-electron chi connectivity index (χ3n) is 2.51. The van der Waals surface area contributed by atoms with Crippen LogP contribution in [-0.2, 0) is 0 Å². The fraction of sp³-hybridized carbons (Fsp3) is 0. The standard InChI is InChI=1S/C12H8N6O2/c19-11(20)9-6-13-12(14-7-9)18-16-10(15-17-18)8-4-2-1-3-5-8/h1-7H,(H,19,20). The number of tetrazole rings is 1. The second-order valence-corrected chi connectivity index (χ2v) is 3.85. The predicted molar refractivity (Wildman–Crippen MR) is 67.1 cm³/mol. The van der Waals surface area contributed by atoms with Crippen molar-refractivity contribution >= 4 is 5.97 Å². The van der Waals surface area contributed by atoms with E-state index in [0.717, 1.165) is 10.4 Å². The van der Waals surface area contributed by atoms with Gasteiger partial charge in [-0.3, -0.25) is 0 Å². The van der Waals surface area contributed by atoms with E-state index in [9.17, 15) is 4.79 Å². The van der Waals surface area contributed by atoms with Crippen molar-refractivity contribution < 1.29 is 9.90 Å². The van der Waals surface area contributed by atoms with Crippen molar-refractivity contribution in [1.82, 2.24) is 30.2 Å². The van der Waals surface area contributed by atoms with Gasteiger partial charge >= 0.3 is 5.97 Å². The monoisotopic (exact) mass is 268 g/mol. The molecule has 20 heavy (non-hydrogen) atoms. The van der Waals surface area contributed by atoms with Crippen LogP contribution in [0.3, 0.4) is 0 Å². The molecule has 0 spiro atoms. The Morgan fingerprint density at radius 3 is 2.45 bits per heavy atom. The molecule has 2 aromatic heterocycles. The molecular formula is C12H8N6O2. The summed E-state index contributed by atoms with van der Waals surface area (Å²) in [7, 11) is 0. The first kappa shape index (κ1) is 11.9. The van der Waals surface area contributed by atoms with E-state index in [1.165, 1.54) is 12.4 Å². The zero-order valence-corrected chi connectivity index (χ0v) is 10.1. The number of aromatic carboxylic acids is 1. The third kappa shape index (κ3) is 2.21. The number of hydrogen-bond acceptors (Lipinski definition) is 6. The Bertz CT molecular complexity index is 738. The molecule has 8 heteroatoms. The van der Waals surface area contributed by atoms with Crippen LogP contribution in [-0.4, -0.2) is 41.3 Å². The largest absolute Gasteiger partial charge is 0.478 e. The Balaban J connectivity index is 1.92. The van der Waals surface area contributed by atoms with Gasteiger partial charge in [-0.1, -0.05) is 35.1 Å². The Morgan fingerprint density at radius 2 is 1.80 bits per heavy atom. The van der Waals surface area contributed by atoms with Crippen LogP contribution in [0.1, 0.15) is 10.4 Å². The van der Waals surface area contributed by atoms with Gasteiger partial charge in [0.25, 0.3) is 5.95 Å². The van der Waals surface area contributed by atoms with Crippen LogP contribution in [0.15, 0.2) is 42.7 Å². The van der Waals surface area contributed by atoms with E-state index in [-0.39, 0.29) is 11.5 Å². The number of aromatic nitrogens is 6. The molecule has 0 saturated heterocycles. The van der Waals surface area contributed by atoms with Crippen molar-refractivity contribution in [2.45, 2.75) is 0 Å². The molecule has 8 nitrogen and oxygen atoms in total. The maximum Gasteiger partial charge on any atom is 0.338 e. The van der Waals surface area contributed by atoms with Crippen molar-refractivity contribution in [3.63, 3.8) is 0 Å². The molecule has 0 amide bonds. The molecule has 1 aromatic carbocycles. The number of carboxylic acids is 1. The summed E-state index contributed by atoms with van der Waals surface area (Å²) in [5.41, 5.74) is 0.818. The van der Waals surface area contributed by atoms with Crippen molar-refractivity contribution in [3.05, 3.63) is 48.3 Å². The molecule has 0 fully saturated rings. The molecule has 0 aliphatic heterocycles. The van der Waals surface area contributed by atoms with Crippen LogP contribution in [0.5, 0.6) is 0 Å². The molecule has 0 radical (unpaired) electrons. The van der Waals surface area contributed by atoms with Crippen molar-refractivity contribution in [2.75, 3.05) is 0 Å². The molecule has 0 aliphatic rings.